The maximum atomic E-state index is 13.4. The number of benzene rings is 2. The summed E-state index contributed by atoms with van der Waals surface area (Å²) in [4.78, 5) is 26.8. The monoisotopic (exact) mass is 394 g/mol. The van der Waals surface area contributed by atoms with Crippen LogP contribution in [0.15, 0.2) is 65.5 Å². The Hall–Kier alpha value is -3.48. The Morgan fingerprint density at radius 3 is 2.45 bits per heavy atom. The third kappa shape index (κ3) is 5.07. The van der Waals surface area contributed by atoms with Crippen LogP contribution in [-0.4, -0.2) is 28.8 Å². The summed E-state index contributed by atoms with van der Waals surface area (Å²) < 4.78 is 14.5. The molecule has 150 valence electrons. The van der Waals surface area contributed by atoms with E-state index in [1.54, 1.807) is 12.1 Å². The first-order valence-electron chi connectivity index (χ1n) is 9.49. The molecule has 0 spiro atoms. The predicted octanol–water partition coefficient (Wildman–Crippen LogP) is 3.53. The fourth-order valence-electron chi connectivity index (χ4n) is 3.03. The lowest BCUT2D eigenvalue weighted by atomic mass is 10.2. The second kappa shape index (κ2) is 9.14. The van der Waals surface area contributed by atoms with Gasteiger partial charge in [0.25, 0.3) is 11.5 Å². The number of nitrogens with zero attached hydrogens (tertiary/aromatic N) is 3. The predicted molar refractivity (Wildman–Crippen MR) is 112 cm³/mol. The number of hydrogen-bond acceptors (Lipinski definition) is 4. The Balaban J connectivity index is 1.75. The van der Waals surface area contributed by atoms with Crippen LogP contribution in [0.1, 0.15) is 29.9 Å². The van der Waals surface area contributed by atoms with Gasteiger partial charge in [0.15, 0.2) is 0 Å². The van der Waals surface area contributed by atoms with E-state index in [0.717, 1.165) is 23.5 Å². The van der Waals surface area contributed by atoms with Crippen molar-refractivity contribution in [2.24, 2.45) is 0 Å². The smallest absolute Gasteiger partial charge is 0.276 e. The van der Waals surface area contributed by atoms with Gasteiger partial charge < -0.3 is 10.2 Å². The SMILES string of the molecule is CCN(CC)c1ccc(NC(=O)c2ccc(=O)n(Cc3cccc(F)c3)n2)cc1. The van der Waals surface area contributed by atoms with Gasteiger partial charge in [-0.05, 0) is 61.9 Å². The maximum Gasteiger partial charge on any atom is 0.276 e. The van der Waals surface area contributed by atoms with Crippen LogP contribution in [0, 0.1) is 5.82 Å². The first-order valence-corrected chi connectivity index (χ1v) is 9.49. The van der Waals surface area contributed by atoms with Gasteiger partial charge in [-0.2, -0.15) is 5.10 Å². The number of carbonyl (C=O) groups excluding carboxylic acids is 1. The van der Waals surface area contributed by atoms with Crippen molar-refractivity contribution in [3.05, 3.63) is 88.1 Å². The van der Waals surface area contributed by atoms with Crippen molar-refractivity contribution < 1.29 is 9.18 Å². The molecule has 6 nitrogen and oxygen atoms in total. The van der Waals surface area contributed by atoms with Gasteiger partial charge in [-0.15, -0.1) is 0 Å². The molecule has 1 N–H and O–H groups in total. The molecule has 0 aliphatic heterocycles. The minimum absolute atomic E-state index is 0.0796. The molecule has 1 heterocycles. The van der Waals surface area contributed by atoms with Crippen LogP contribution < -0.4 is 15.8 Å². The summed E-state index contributed by atoms with van der Waals surface area (Å²) in [5.74, 6) is -0.814. The largest absolute Gasteiger partial charge is 0.372 e. The summed E-state index contributed by atoms with van der Waals surface area (Å²) >= 11 is 0. The van der Waals surface area contributed by atoms with E-state index < -0.39 is 11.7 Å². The number of anilines is 2. The number of rotatable bonds is 7. The zero-order valence-corrected chi connectivity index (χ0v) is 16.4. The molecule has 7 heteroatoms. The van der Waals surface area contributed by atoms with Crippen molar-refractivity contribution in [2.75, 3.05) is 23.3 Å². The molecule has 0 saturated heterocycles. The van der Waals surface area contributed by atoms with E-state index in [0.29, 0.717) is 11.3 Å². The van der Waals surface area contributed by atoms with E-state index in [-0.39, 0.29) is 17.8 Å². The first-order chi connectivity index (χ1) is 14.0. The van der Waals surface area contributed by atoms with E-state index >= 15 is 0 Å². The van der Waals surface area contributed by atoms with Crippen LogP contribution >= 0.6 is 0 Å². The van der Waals surface area contributed by atoms with E-state index in [9.17, 15) is 14.0 Å². The molecule has 1 amide bonds. The highest BCUT2D eigenvalue weighted by Crippen LogP contribution is 2.18. The number of halogens is 1. The molecule has 0 atom stereocenters. The Kier molecular flexibility index (Phi) is 6.39. The van der Waals surface area contributed by atoms with Crippen LogP contribution in [0.5, 0.6) is 0 Å². The molecule has 0 saturated carbocycles. The summed E-state index contributed by atoms with van der Waals surface area (Å²) in [5.41, 5.74) is 2.04. The van der Waals surface area contributed by atoms with Crippen molar-refractivity contribution in [3.63, 3.8) is 0 Å². The molecule has 2 aromatic carbocycles. The van der Waals surface area contributed by atoms with Crippen LogP contribution in [0.4, 0.5) is 15.8 Å². The Morgan fingerprint density at radius 1 is 1.07 bits per heavy atom. The molecule has 0 unspecified atom stereocenters. The minimum atomic E-state index is -0.423. The lowest BCUT2D eigenvalue weighted by Gasteiger charge is -2.21. The van der Waals surface area contributed by atoms with Crippen molar-refractivity contribution in [3.8, 4) is 0 Å². The van der Waals surface area contributed by atoms with Gasteiger partial charge in [0.2, 0.25) is 0 Å². The average Bonchev–Trinajstić information content (AvgIpc) is 2.72. The molecule has 1 aromatic heterocycles. The second-order valence-electron chi connectivity index (χ2n) is 6.52. The lowest BCUT2D eigenvalue weighted by molar-refractivity contribution is 0.102. The van der Waals surface area contributed by atoms with Crippen LogP contribution in [-0.2, 0) is 6.54 Å². The van der Waals surface area contributed by atoms with E-state index in [4.69, 9.17) is 0 Å². The number of amides is 1. The zero-order chi connectivity index (χ0) is 20.8. The Labute approximate surface area is 168 Å². The number of nitrogens with one attached hydrogen (secondary N) is 1. The van der Waals surface area contributed by atoms with Gasteiger partial charge in [-0.3, -0.25) is 9.59 Å². The van der Waals surface area contributed by atoms with Crippen LogP contribution in [0.25, 0.3) is 0 Å². The topological polar surface area (TPSA) is 67.2 Å². The highest BCUT2D eigenvalue weighted by molar-refractivity contribution is 6.02. The molecule has 0 aliphatic rings. The molecular weight excluding hydrogens is 371 g/mol. The quantitative estimate of drug-likeness (QED) is 0.666. The molecule has 0 bridgehead atoms. The average molecular weight is 394 g/mol. The fourth-order valence-corrected chi connectivity index (χ4v) is 3.03. The summed E-state index contributed by atoms with van der Waals surface area (Å²) in [5, 5.41) is 6.91. The zero-order valence-electron chi connectivity index (χ0n) is 16.4. The highest BCUT2D eigenvalue weighted by Gasteiger charge is 2.11. The Morgan fingerprint density at radius 2 is 1.79 bits per heavy atom. The number of hydrogen-bond donors (Lipinski definition) is 1. The molecular formula is C22H23FN4O2. The summed E-state index contributed by atoms with van der Waals surface area (Å²) in [6, 6.07) is 16.1. The van der Waals surface area contributed by atoms with Crippen molar-refractivity contribution >= 4 is 17.3 Å². The normalized spacial score (nSPS) is 10.6. The molecule has 0 radical (unpaired) electrons. The van der Waals surface area contributed by atoms with Gasteiger partial charge in [-0.25, -0.2) is 9.07 Å². The first kappa shape index (κ1) is 20.3. The second-order valence-corrected chi connectivity index (χ2v) is 6.52. The number of aromatic nitrogens is 2. The van der Waals surface area contributed by atoms with E-state index in [1.165, 1.54) is 24.3 Å². The standard InChI is InChI=1S/C22H23FN4O2/c1-3-26(4-2)19-10-8-18(9-11-19)24-22(29)20-12-13-21(28)27(25-20)15-16-6-5-7-17(23)14-16/h5-14H,3-4,15H2,1-2H3,(H,24,29). The lowest BCUT2D eigenvalue weighted by Crippen LogP contribution is -2.26. The maximum absolute atomic E-state index is 13.4. The van der Waals surface area contributed by atoms with Crippen molar-refractivity contribution in [1.29, 1.82) is 0 Å². The summed E-state index contributed by atoms with van der Waals surface area (Å²) in [6.45, 7) is 6.06. The molecule has 3 rings (SSSR count). The van der Waals surface area contributed by atoms with Gasteiger partial charge in [-0.1, -0.05) is 12.1 Å². The van der Waals surface area contributed by atoms with Gasteiger partial charge in [0.05, 0.1) is 6.54 Å². The third-order valence-corrected chi connectivity index (χ3v) is 4.57. The fraction of sp³-hybridized carbons (Fsp3) is 0.227. The van der Waals surface area contributed by atoms with Crippen molar-refractivity contribution in [1.82, 2.24) is 9.78 Å². The van der Waals surface area contributed by atoms with Gasteiger partial charge in [0, 0.05) is 30.5 Å². The third-order valence-electron chi connectivity index (χ3n) is 4.57. The molecule has 29 heavy (non-hydrogen) atoms. The van der Waals surface area contributed by atoms with Gasteiger partial charge in [0.1, 0.15) is 11.5 Å². The summed E-state index contributed by atoms with van der Waals surface area (Å²) in [7, 11) is 0. The van der Waals surface area contributed by atoms with Gasteiger partial charge >= 0.3 is 0 Å². The molecule has 0 aliphatic carbocycles. The van der Waals surface area contributed by atoms with Crippen LogP contribution in [0.2, 0.25) is 0 Å². The summed E-state index contributed by atoms with van der Waals surface area (Å²) in [6.07, 6.45) is 0. The van der Waals surface area contributed by atoms with Crippen molar-refractivity contribution in [2.45, 2.75) is 20.4 Å². The van der Waals surface area contributed by atoms with Crippen LogP contribution in [0.3, 0.4) is 0 Å². The number of carbonyl (C=O) groups is 1. The molecule has 0 fully saturated rings. The van der Waals surface area contributed by atoms with E-state index in [2.05, 4.69) is 29.2 Å². The highest BCUT2D eigenvalue weighted by atomic mass is 19.1. The van der Waals surface area contributed by atoms with E-state index in [1.807, 2.05) is 24.3 Å². The Bertz CT molecular complexity index is 1040. The minimum Gasteiger partial charge on any atom is -0.372 e. The molecule has 3 aromatic rings.